The number of fused-ring (bicyclic) bond motifs is 1. The van der Waals surface area contributed by atoms with Crippen LogP contribution in [0.1, 0.15) is 18.5 Å². The number of hydrogen-bond donors (Lipinski definition) is 1. The molecular formula is C18H17N3O2. The third-order valence-electron chi connectivity index (χ3n) is 3.49. The Morgan fingerprint density at radius 3 is 2.61 bits per heavy atom. The van der Waals surface area contributed by atoms with Gasteiger partial charge in [0, 0.05) is 18.5 Å². The van der Waals surface area contributed by atoms with Gasteiger partial charge in [-0.3, -0.25) is 14.8 Å². The number of aromatic nitrogens is 2. The molecule has 2 aromatic carbocycles. The highest BCUT2D eigenvalue weighted by atomic mass is 16.5. The topological polar surface area (TPSA) is 64.1 Å². The van der Waals surface area contributed by atoms with Gasteiger partial charge in [0.05, 0.1) is 17.1 Å². The predicted molar refractivity (Wildman–Crippen MR) is 88.0 cm³/mol. The number of carbonyl (C=O) groups excluding carboxylic acids is 1. The van der Waals surface area contributed by atoms with Crippen LogP contribution in [0.3, 0.4) is 0 Å². The molecule has 5 nitrogen and oxygen atoms in total. The maximum absolute atomic E-state index is 12.0. The van der Waals surface area contributed by atoms with Crippen molar-refractivity contribution in [2.45, 2.75) is 13.0 Å². The summed E-state index contributed by atoms with van der Waals surface area (Å²) in [4.78, 5) is 20.4. The molecule has 1 heterocycles. The molecule has 0 aliphatic carbocycles. The highest BCUT2D eigenvalue weighted by Crippen LogP contribution is 2.17. The second kappa shape index (κ2) is 6.87. The largest absolute Gasteiger partial charge is 0.484 e. The summed E-state index contributed by atoms with van der Waals surface area (Å²) in [6.45, 7) is 1.90. The lowest BCUT2D eigenvalue weighted by atomic mass is 10.1. The fourth-order valence-electron chi connectivity index (χ4n) is 2.29. The van der Waals surface area contributed by atoms with E-state index in [9.17, 15) is 4.79 Å². The van der Waals surface area contributed by atoms with Crippen LogP contribution >= 0.6 is 0 Å². The third kappa shape index (κ3) is 3.83. The quantitative estimate of drug-likeness (QED) is 0.787. The molecule has 1 amide bonds. The number of nitrogens with one attached hydrogen (secondary N) is 1. The van der Waals surface area contributed by atoms with E-state index in [0.717, 1.165) is 16.6 Å². The summed E-state index contributed by atoms with van der Waals surface area (Å²) in [5.41, 5.74) is 2.59. The van der Waals surface area contributed by atoms with Crippen molar-refractivity contribution in [3.63, 3.8) is 0 Å². The van der Waals surface area contributed by atoms with Crippen LogP contribution in [0, 0.1) is 0 Å². The minimum absolute atomic E-state index is 0.0387. The molecule has 1 N–H and O–H groups in total. The summed E-state index contributed by atoms with van der Waals surface area (Å²) in [5, 5.41) is 2.91. The predicted octanol–water partition coefficient (Wildman–Crippen LogP) is 2.89. The Hall–Kier alpha value is -2.95. The number of hydrogen-bond acceptors (Lipinski definition) is 4. The van der Waals surface area contributed by atoms with Gasteiger partial charge in [0.1, 0.15) is 5.75 Å². The average Bonchev–Trinajstić information content (AvgIpc) is 2.60. The average molecular weight is 307 g/mol. The van der Waals surface area contributed by atoms with Gasteiger partial charge in [-0.1, -0.05) is 30.3 Å². The molecule has 0 aliphatic rings. The molecule has 0 fully saturated rings. The number of benzene rings is 2. The molecule has 0 radical (unpaired) electrons. The number of ether oxygens (including phenoxy) is 1. The van der Waals surface area contributed by atoms with Crippen molar-refractivity contribution in [2.24, 2.45) is 0 Å². The summed E-state index contributed by atoms with van der Waals surface area (Å²) in [6, 6.07) is 15.1. The Balaban J connectivity index is 1.57. The Morgan fingerprint density at radius 2 is 1.83 bits per heavy atom. The van der Waals surface area contributed by atoms with Gasteiger partial charge in [-0.15, -0.1) is 0 Å². The summed E-state index contributed by atoms with van der Waals surface area (Å²) in [6.07, 6.45) is 3.27. The molecular weight excluding hydrogens is 290 g/mol. The van der Waals surface area contributed by atoms with E-state index in [2.05, 4.69) is 15.3 Å². The van der Waals surface area contributed by atoms with Crippen molar-refractivity contribution < 1.29 is 9.53 Å². The third-order valence-corrected chi connectivity index (χ3v) is 3.49. The van der Waals surface area contributed by atoms with E-state index in [4.69, 9.17) is 4.74 Å². The van der Waals surface area contributed by atoms with Crippen molar-refractivity contribution in [1.29, 1.82) is 0 Å². The number of amides is 1. The summed E-state index contributed by atoms with van der Waals surface area (Å²) < 4.78 is 5.53. The van der Waals surface area contributed by atoms with Crippen LogP contribution in [-0.2, 0) is 4.79 Å². The molecule has 3 rings (SSSR count). The maximum Gasteiger partial charge on any atom is 0.258 e. The second-order valence-corrected chi connectivity index (χ2v) is 5.20. The zero-order valence-electron chi connectivity index (χ0n) is 12.8. The highest BCUT2D eigenvalue weighted by molar-refractivity contribution is 5.78. The van der Waals surface area contributed by atoms with Gasteiger partial charge in [-0.2, -0.15) is 0 Å². The van der Waals surface area contributed by atoms with Gasteiger partial charge >= 0.3 is 0 Å². The van der Waals surface area contributed by atoms with Crippen LogP contribution < -0.4 is 10.1 Å². The highest BCUT2D eigenvalue weighted by Gasteiger charge is 2.10. The van der Waals surface area contributed by atoms with Gasteiger partial charge in [-0.25, -0.2) is 0 Å². The minimum Gasteiger partial charge on any atom is -0.484 e. The van der Waals surface area contributed by atoms with E-state index in [0.29, 0.717) is 5.75 Å². The van der Waals surface area contributed by atoms with E-state index in [1.807, 2.05) is 43.3 Å². The first-order chi connectivity index (χ1) is 11.2. The van der Waals surface area contributed by atoms with E-state index < -0.39 is 0 Å². The lowest BCUT2D eigenvalue weighted by Crippen LogP contribution is -2.31. The normalized spacial score (nSPS) is 11.9. The smallest absolute Gasteiger partial charge is 0.258 e. The van der Waals surface area contributed by atoms with Crippen LogP contribution in [0.4, 0.5) is 0 Å². The van der Waals surface area contributed by atoms with E-state index in [-0.39, 0.29) is 18.6 Å². The molecule has 1 atom stereocenters. The Labute approximate surface area is 134 Å². The van der Waals surface area contributed by atoms with Gasteiger partial charge in [-0.05, 0) is 24.6 Å². The molecule has 0 saturated heterocycles. The van der Waals surface area contributed by atoms with Crippen molar-refractivity contribution >= 4 is 16.9 Å². The van der Waals surface area contributed by atoms with E-state index in [1.165, 1.54) is 0 Å². The van der Waals surface area contributed by atoms with Crippen molar-refractivity contribution in [1.82, 2.24) is 15.3 Å². The molecule has 1 aromatic heterocycles. The summed E-state index contributed by atoms with van der Waals surface area (Å²) in [5.74, 6) is 0.432. The fourth-order valence-corrected chi connectivity index (χ4v) is 2.29. The number of rotatable bonds is 5. The van der Waals surface area contributed by atoms with Crippen molar-refractivity contribution in [2.75, 3.05) is 6.61 Å². The van der Waals surface area contributed by atoms with Crippen molar-refractivity contribution in [3.05, 3.63) is 66.5 Å². The zero-order chi connectivity index (χ0) is 16.1. The van der Waals surface area contributed by atoms with Crippen LogP contribution in [-0.4, -0.2) is 22.5 Å². The van der Waals surface area contributed by atoms with Crippen LogP contribution in [0.2, 0.25) is 0 Å². The molecule has 0 spiro atoms. The molecule has 23 heavy (non-hydrogen) atoms. The fraction of sp³-hybridized carbons (Fsp3) is 0.167. The van der Waals surface area contributed by atoms with E-state index >= 15 is 0 Å². The van der Waals surface area contributed by atoms with Gasteiger partial charge in [0.2, 0.25) is 0 Å². The zero-order valence-corrected chi connectivity index (χ0v) is 12.8. The lowest BCUT2D eigenvalue weighted by Gasteiger charge is -2.14. The van der Waals surface area contributed by atoms with Gasteiger partial charge in [0.15, 0.2) is 6.61 Å². The molecule has 0 bridgehead atoms. The SMILES string of the molecule is CC(NC(=O)COc1ccc2nccnc2c1)c1ccccc1. The molecule has 0 saturated carbocycles. The standard InChI is InChI=1S/C18H17N3O2/c1-13(14-5-3-2-4-6-14)21-18(22)12-23-15-7-8-16-17(11-15)20-10-9-19-16/h2-11,13H,12H2,1H3,(H,21,22). The van der Waals surface area contributed by atoms with Crippen LogP contribution in [0.5, 0.6) is 5.75 Å². The minimum atomic E-state index is -0.166. The maximum atomic E-state index is 12.0. The monoisotopic (exact) mass is 307 g/mol. The number of nitrogens with zero attached hydrogens (tertiary/aromatic N) is 2. The lowest BCUT2D eigenvalue weighted by molar-refractivity contribution is -0.123. The van der Waals surface area contributed by atoms with Gasteiger partial charge < -0.3 is 10.1 Å². The molecule has 116 valence electrons. The second-order valence-electron chi connectivity index (χ2n) is 5.20. The number of carbonyl (C=O) groups is 1. The van der Waals surface area contributed by atoms with Crippen LogP contribution in [0.25, 0.3) is 11.0 Å². The summed E-state index contributed by atoms with van der Waals surface area (Å²) >= 11 is 0. The molecule has 5 heteroatoms. The Morgan fingerprint density at radius 1 is 1.09 bits per heavy atom. The summed E-state index contributed by atoms with van der Waals surface area (Å²) in [7, 11) is 0. The Bertz CT molecular complexity index is 805. The van der Waals surface area contributed by atoms with Crippen LogP contribution in [0.15, 0.2) is 60.9 Å². The van der Waals surface area contributed by atoms with Crippen molar-refractivity contribution in [3.8, 4) is 5.75 Å². The molecule has 3 aromatic rings. The molecule has 1 unspecified atom stereocenters. The van der Waals surface area contributed by atoms with E-state index in [1.54, 1.807) is 24.5 Å². The first kappa shape index (κ1) is 15.0. The van der Waals surface area contributed by atoms with Gasteiger partial charge in [0.25, 0.3) is 5.91 Å². The first-order valence-corrected chi connectivity index (χ1v) is 7.40. The molecule has 0 aliphatic heterocycles. The first-order valence-electron chi connectivity index (χ1n) is 7.40. The Kier molecular flexibility index (Phi) is 4.47.